The molecule has 0 aliphatic rings. The minimum atomic E-state index is 0.471. The largest absolute Gasteiger partial charge is 0.369 e. The Labute approximate surface area is 91.5 Å². The molecule has 1 aromatic rings. The van der Waals surface area contributed by atoms with Gasteiger partial charge in [0.25, 0.3) is 0 Å². The summed E-state index contributed by atoms with van der Waals surface area (Å²) in [5.41, 5.74) is 0.977. The molecule has 0 amide bonds. The molecule has 0 radical (unpaired) electrons. The predicted molar refractivity (Wildman–Crippen MR) is 62.8 cm³/mol. The lowest BCUT2D eigenvalue weighted by Gasteiger charge is -2.08. The minimum Gasteiger partial charge on any atom is -0.369 e. The molecule has 0 bridgehead atoms. The highest BCUT2D eigenvalue weighted by Gasteiger charge is 1.99. The van der Waals surface area contributed by atoms with Gasteiger partial charge in [0, 0.05) is 25.3 Å². The first kappa shape index (κ1) is 11.9. The quantitative estimate of drug-likeness (QED) is 0.748. The van der Waals surface area contributed by atoms with Crippen LogP contribution in [0, 0.1) is 0 Å². The monoisotopic (exact) mass is 208 g/mol. The number of nitrogens with one attached hydrogen (secondary N) is 2. The molecule has 0 spiro atoms. The zero-order valence-electron chi connectivity index (χ0n) is 9.75. The Morgan fingerprint density at radius 1 is 1.33 bits per heavy atom. The second kappa shape index (κ2) is 6.35. The highest BCUT2D eigenvalue weighted by Crippen LogP contribution is 2.02. The molecule has 0 unspecified atom stereocenters. The van der Waals surface area contributed by atoms with Gasteiger partial charge in [-0.3, -0.25) is 4.98 Å². The van der Waals surface area contributed by atoms with E-state index in [-0.39, 0.29) is 0 Å². The van der Waals surface area contributed by atoms with Crippen LogP contribution in [0.2, 0.25) is 0 Å². The summed E-state index contributed by atoms with van der Waals surface area (Å²) < 4.78 is 0. The first-order valence-electron chi connectivity index (χ1n) is 5.50. The third-order valence-corrected chi connectivity index (χ3v) is 1.93. The van der Waals surface area contributed by atoms with Gasteiger partial charge < -0.3 is 10.6 Å². The average molecular weight is 208 g/mol. The van der Waals surface area contributed by atoms with Gasteiger partial charge in [-0.2, -0.15) is 0 Å². The van der Waals surface area contributed by atoms with Crippen LogP contribution < -0.4 is 10.6 Å². The highest BCUT2D eigenvalue weighted by molar-refractivity contribution is 5.31. The fraction of sp³-hybridized carbons (Fsp3) is 0.636. The maximum absolute atomic E-state index is 4.45. The van der Waals surface area contributed by atoms with Gasteiger partial charge >= 0.3 is 0 Å². The molecule has 0 aliphatic carbocycles. The third kappa shape index (κ3) is 4.74. The van der Waals surface area contributed by atoms with Crippen LogP contribution in [0.5, 0.6) is 0 Å². The molecule has 0 aliphatic heterocycles. The van der Waals surface area contributed by atoms with Gasteiger partial charge in [0.05, 0.1) is 11.9 Å². The normalized spacial score (nSPS) is 10.7. The fourth-order valence-corrected chi connectivity index (χ4v) is 1.14. The minimum absolute atomic E-state index is 0.471. The molecule has 0 aromatic carbocycles. The molecule has 1 aromatic heterocycles. The van der Waals surface area contributed by atoms with E-state index in [9.17, 15) is 0 Å². The molecule has 0 fully saturated rings. The summed E-state index contributed by atoms with van der Waals surface area (Å²) in [6.45, 7) is 8.08. The molecule has 84 valence electrons. The second-order valence-electron chi connectivity index (χ2n) is 3.86. The van der Waals surface area contributed by atoms with Crippen molar-refractivity contribution < 1.29 is 0 Å². The molecule has 1 heterocycles. The van der Waals surface area contributed by atoms with Crippen molar-refractivity contribution in [3.8, 4) is 0 Å². The summed E-state index contributed by atoms with van der Waals surface area (Å²) in [6, 6.07) is 0.471. The summed E-state index contributed by atoms with van der Waals surface area (Å²) in [7, 11) is 0. The van der Waals surface area contributed by atoms with Crippen LogP contribution in [0.1, 0.15) is 32.9 Å². The van der Waals surface area contributed by atoms with Crippen molar-refractivity contribution in [3.05, 3.63) is 18.1 Å². The van der Waals surface area contributed by atoms with Crippen LogP contribution in [-0.4, -0.2) is 22.6 Å². The van der Waals surface area contributed by atoms with Crippen molar-refractivity contribution in [2.24, 2.45) is 0 Å². The molecule has 15 heavy (non-hydrogen) atoms. The molecule has 0 atom stereocenters. The van der Waals surface area contributed by atoms with E-state index in [4.69, 9.17) is 0 Å². The zero-order chi connectivity index (χ0) is 11.1. The van der Waals surface area contributed by atoms with Crippen LogP contribution in [0.4, 0.5) is 5.82 Å². The van der Waals surface area contributed by atoms with E-state index >= 15 is 0 Å². The maximum Gasteiger partial charge on any atom is 0.144 e. The lowest BCUT2D eigenvalue weighted by molar-refractivity contribution is 0.580. The Morgan fingerprint density at radius 2 is 2.13 bits per heavy atom. The van der Waals surface area contributed by atoms with E-state index in [1.54, 1.807) is 12.4 Å². The standard InChI is InChI=1S/C11H20N4/c1-4-5-13-11-8-12-6-10(15-11)7-14-9(2)3/h6,8-9,14H,4-5,7H2,1-3H3,(H,13,15). The number of nitrogens with zero attached hydrogens (tertiary/aromatic N) is 2. The van der Waals surface area contributed by atoms with E-state index in [0.29, 0.717) is 6.04 Å². The first-order chi connectivity index (χ1) is 7.22. The topological polar surface area (TPSA) is 49.8 Å². The van der Waals surface area contributed by atoms with E-state index in [1.807, 2.05) is 0 Å². The Kier molecular flexibility index (Phi) is 5.04. The second-order valence-corrected chi connectivity index (χ2v) is 3.86. The van der Waals surface area contributed by atoms with Crippen molar-refractivity contribution in [1.29, 1.82) is 0 Å². The molecule has 2 N–H and O–H groups in total. The van der Waals surface area contributed by atoms with Gasteiger partial charge in [-0.15, -0.1) is 0 Å². The van der Waals surface area contributed by atoms with E-state index < -0.39 is 0 Å². The molecule has 4 heteroatoms. The molecule has 4 nitrogen and oxygen atoms in total. The SMILES string of the molecule is CCCNc1cncc(CNC(C)C)n1. The van der Waals surface area contributed by atoms with Crippen LogP contribution in [0.25, 0.3) is 0 Å². The number of aromatic nitrogens is 2. The Balaban J connectivity index is 2.50. The summed E-state index contributed by atoms with van der Waals surface area (Å²) in [5.74, 6) is 0.861. The van der Waals surface area contributed by atoms with E-state index in [1.165, 1.54) is 0 Å². The Morgan fingerprint density at radius 3 is 2.80 bits per heavy atom. The molecule has 0 saturated carbocycles. The molecule has 0 saturated heterocycles. The van der Waals surface area contributed by atoms with Crippen molar-refractivity contribution in [2.45, 2.75) is 39.8 Å². The summed E-state index contributed by atoms with van der Waals surface area (Å²) >= 11 is 0. The van der Waals surface area contributed by atoms with Crippen molar-refractivity contribution in [2.75, 3.05) is 11.9 Å². The summed E-state index contributed by atoms with van der Waals surface area (Å²) in [4.78, 5) is 8.60. The van der Waals surface area contributed by atoms with E-state index in [2.05, 4.69) is 41.4 Å². The van der Waals surface area contributed by atoms with Crippen molar-refractivity contribution in [3.63, 3.8) is 0 Å². The van der Waals surface area contributed by atoms with Gasteiger partial charge in [0.1, 0.15) is 5.82 Å². The number of hydrogen-bond donors (Lipinski definition) is 2. The lowest BCUT2D eigenvalue weighted by Crippen LogP contribution is -2.22. The highest BCUT2D eigenvalue weighted by atomic mass is 15.0. The fourth-order valence-electron chi connectivity index (χ4n) is 1.14. The first-order valence-corrected chi connectivity index (χ1v) is 5.50. The van der Waals surface area contributed by atoms with Gasteiger partial charge in [-0.1, -0.05) is 20.8 Å². The number of anilines is 1. The average Bonchev–Trinajstić information content (AvgIpc) is 2.24. The third-order valence-electron chi connectivity index (χ3n) is 1.93. The van der Waals surface area contributed by atoms with Crippen LogP contribution >= 0.6 is 0 Å². The smallest absolute Gasteiger partial charge is 0.144 e. The molecular weight excluding hydrogens is 188 g/mol. The summed E-state index contributed by atoms with van der Waals surface area (Å²) in [6.07, 6.45) is 4.65. The van der Waals surface area contributed by atoms with Crippen LogP contribution in [-0.2, 0) is 6.54 Å². The van der Waals surface area contributed by atoms with Gasteiger partial charge in [0.15, 0.2) is 0 Å². The molecule has 1 rings (SSSR count). The van der Waals surface area contributed by atoms with Crippen LogP contribution in [0.3, 0.4) is 0 Å². The van der Waals surface area contributed by atoms with E-state index in [0.717, 1.165) is 31.0 Å². The van der Waals surface area contributed by atoms with Gasteiger partial charge in [-0.25, -0.2) is 4.98 Å². The lowest BCUT2D eigenvalue weighted by atomic mass is 10.3. The number of hydrogen-bond acceptors (Lipinski definition) is 4. The molecular formula is C11H20N4. The predicted octanol–water partition coefficient (Wildman–Crippen LogP) is 1.80. The Hall–Kier alpha value is -1.16. The number of rotatable bonds is 6. The van der Waals surface area contributed by atoms with Crippen molar-refractivity contribution >= 4 is 5.82 Å². The van der Waals surface area contributed by atoms with Gasteiger partial charge in [-0.05, 0) is 6.42 Å². The van der Waals surface area contributed by atoms with Crippen LogP contribution in [0.15, 0.2) is 12.4 Å². The zero-order valence-corrected chi connectivity index (χ0v) is 9.75. The Bertz CT molecular complexity index is 286. The van der Waals surface area contributed by atoms with Gasteiger partial charge in [0.2, 0.25) is 0 Å². The van der Waals surface area contributed by atoms with Crippen molar-refractivity contribution in [1.82, 2.24) is 15.3 Å². The summed E-state index contributed by atoms with van der Waals surface area (Å²) in [5, 5.41) is 6.54. The maximum atomic E-state index is 4.45.